The zero-order valence-corrected chi connectivity index (χ0v) is 13.4. The molecular formula is C13H26N4OS. The number of nitrogens with zero attached hydrogens (tertiary/aromatic N) is 2. The molecule has 110 valence electrons. The summed E-state index contributed by atoms with van der Waals surface area (Å²) < 4.78 is 0. The van der Waals surface area contributed by atoms with Crippen molar-refractivity contribution in [3.8, 4) is 0 Å². The van der Waals surface area contributed by atoms with Crippen molar-refractivity contribution in [1.29, 1.82) is 0 Å². The zero-order chi connectivity index (χ0) is 14.5. The first kappa shape index (κ1) is 16.3. The fraction of sp³-hybridized carbons (Fsp3) is 0.923. The van der Waals surface area contributed by atoms with E-state index in [1.54, 1.807) is 0 Å². The summed E-state index contributed by atoms with van der Waals surface area (Å²) in [6.45, 7) is 9.63. The van der Waals surface area contributed by atoms with Gasteiger partial charge in [-0.25, -0.2) is 4.79 Å². The Morgan fingerprint density at radius 3 is 2.21 bits per heavy atom. The fourth-order valence-electron chi connectivity index (χ4n) is 1.64. The van der Waals surface area contributed by atoms with E-state index in [0.717, 1.165) is 24.3 Å². The predicted molar refractivity (Wildman–Crippen MR) is 80.7 cm³/mol. The summed E-state index contributed by atoms with van der Waals surface area (Å²) in [7, 11) is 0. The molecule has 2 amide bonds. The molecule has 0 unspecified atom stereocenters. The van der Waals surface area contributed by atoms with E-state index in [2.05, 4.69) is 20.9 Å². The predicted octanol–water partition coefficient (Wildman–Crippen LogP) is 3.17. The van der Waals surface area contributed by atoms with Crippen LogP contribution in [0.1, 0.15) is 47.5 Å². The molecule has 5 nitrogen and oxygen atoms in total. The molecule has 1 aliphatic heterocycles. The van der Waals surface area contributed by atoms with Crippen LogP contribution < -0.4 is 10.6 Å². The Morgan fingerprint density at radius 1 is 1.11 bits per heavy atom. The molecule has 19 heavy (non-hydrogen) atoms. The highest BCUT2D eigenvalue weighted by Crippen LogP contribution is 2.17. The molecule has 2 N–H and O–H groups in total. The lowest BCUT2D eigenvalue weighted by Gasteiger charge is -2.26. The third-order valence-corrected chi connectivity index (χ3v) is 3.62. The second kappa shape index (κ2) is 6.59. The van der Waals surface area contributed by atoms with Gasteiger partial charge in [0.2, 0.25) is 0 Å². The van der Waals surface area contributed by atoms with E-state index in [0.29, 0.717) is 0 Å². The number of rotatable bonds is 3. The highest BCUT2D eigenvalue weighted by Gasteiger charge is 2.23. The number of azo groups is 1. The van der Waals surface area contributed by atoms with Crippen molar-refractivity contribution < 1.29 is 4.79 Å². The SMILES string of the molecule is CC(C)(C)/N=N/C(C)(C)NC(=O)NC1CCSCC1. The normalized spacial score (nSPS) is 18.6. The van der Waals surface area contributed by atoms with Gasteiger partial charge in [0, 0.05) is 6.04 Å². The van der Waals surface area contributed by atoms with E-state index in [9.17, 15) is 4.79 Å². The van der Waals surface area contributed by atoms with E-state index >= 15 is 0 Å². The highest BCUT2D eigenvalue weighted by molar-refractivity contribution is 7.99. The van der Waals surface area contributed by atoms with Gasteiger partial charge in [0.25, 0.3) is 0 Å². The number of hydrogen-bond acceptors (Lipinski definition) is 4. The summed E-state index contributed by atoms with van der Waals surface area (Å²) in [4.78, 5) is 11.9. The molecule has 0 atom stereocenters. The third-order valence-electron chi connectivity index (χ3n) is 2.58. The quantitative estimate of drug-likeness (QED) is 0.783. The molecule has 0 aromatic heterocycles. The minimum Gasteiger partial charge on any atom is -0.335 e. The molecule has 6 heteroatoms. The number of amides is 2. The monoisotopic (exact) mass is 286 g/mol. The highest BCUT2D eigenvalue weighted by atomic mass is 32.2. The number of urea groups is 1. The molecule has 1 rings (SSSR count). The van der Waals surface area contributed by atoms with Gasteiger partial charge in [-0.2, -0.15) is 22.0 Å². The molecule has 0 bridgehead atoms. The molecule has 0 spiro atoms. The summed E-state index contributed by atoms with van der Waals surface area (Å²) in [6, 6.07) is 0.131. The van der Waals surface area contributed by atoms with Crippen LogP contribution in [0.25, 0.3) is 0 Å². The number of hydrogen-bond donors (Lipinski definition) is 2. The van der Waals surface area contributed by atoms with Crippen LogP contribution in [0.3, 0.4) is 0 Å². The van der Waals surface area contributed by atoms with Crippen LogP contribution >= 0.6 is 11.8 Å². The first-order valence-electron chi connectivity index (χ1n) is 6.78. The van der Waals surface area contributed by atoms with Crippen molar-refractivity contribution in [3.05, 3.63) is 0 Å². The van der Waals surface area contributed by atoms with Crippen LogP contribution in [0, 0.1) is 0 Å². The van der Waals surface area contributed by atoms with Gasteiger partial charge in [-0.3, -0.25) is 0 Å². The second-order valence-corrected chi connectivity index (χ2v) is 7.64. The Hall–Kier alpha value is -0.780. The van der Waals surface area contributed by atoms with Gasteiger partial charge in [-0.15, -0.1) is 0 Å². The maximum Gasteiger partial charge on any atom is 0.316 e. The lowest BCUT2D eigenvalue weighted by atomic mass is 10.1. The van der Waals surface area contributed by atoms with Crippen LogP contribution in [0.4, 0.5) is 4.79 Å². The average molecular weight is 286 g/mol. The molecule has 0 aromatic rings. The van der Waals surface area contributed by atoms with Crippen LogP contribution in [0.2, 0.25) is 0 Å². The van der Waals surface area contributed by atoms with E-state index in [1.165, 1.54) is 0 Å². The first-order valence-corrected chi connectivity index (χ1v) is 7.94. The Kier molecular flexibility index (Phi) is 5.64. The van der Waals surface area contributed by atoms with Gasteiger partial charge >= 0.3 is 6.03 Å². The van der Waals surface area contributed by atoms with Crippen LogP contribution in [-0.4, -0.2) is 34.8 Å². The largest absolute Gasteiger partial charge is 0.335 e. The molecule has 1 aliphatic rings. The van der Waals surface area contributed by atoms with Gasteiger partial charge in [-0.05, 0) is 59.0 Å². The van der Waals surface area contributed by atoms with E-state index in [4.69, 9.17) is 0 Å². The van der Waals surface area contributed by atoms with Crippen LogP contribution in [0.15, 0.2) is 10.2 Å². The topological polar surface area (TPSA) is 65.8 Å². The van der Waals surface area contributed by atoms with Crippen molar-refractivity contribution in [1.82, 2.24) is 10.6 Å². The van der Waals surface area contributed by atoms with Crippen molar-refractivity contribution in [2.24, 2.45) is 10.2 Å². The summed E-state index contributed by atoms with van der Waals surface area (Å²) in [5, 5.41) is 14.3. The maximum absolute atomic E-state index is 11.9. The molecular weight excluding hydrogens is 260 g/mol. The number of carbonyl (C=O) groups is 1. The van der Waals surface area contributed by atoms with Crippen molar-refractivity contribution in [2.75, 3.05) is 11.5 Å². The molecule has 0 aromatic carbocycles. The number of carbonyl (C=O) groups excluding carboxylic acids is 1. The Balaban J connectivity index is 2.43. The minimum atomic E-state index is -0.680. The van der Waals surface area contributed by atoms with Gasteiger partial charge in [0.1, 0.15) is 5.66 Å². The zero-order valence-electron chi connectivity index (χ0n) is 12.6. The van der Waals surface area contributed by atoms with Gasteiger partial charge in [0.05, 0.1) is 5.54 Å². The first-order chi connectivity index (χ1) is 8.68. The lowest BCUT2D eigenvalue weighted by Crippen LogP contribution is -2.50. The van der Waals surface area contributed by atoms with Crippen molar-refractivity contribution in [3.63, 3.8) is 0 Å². The van der Waals surface area contributed by atoms with Gasteiger partial charge in [-0.1, -0.05) is 0 Å². The van der Waals surface area contributed by atoms with Crippen LogP contribution in [-0.2, 0) is 0 Å². The summed E-state index contributed by atoms with van der Waals surface area (Å²) >= 11 is 1.94. The number of nitrogens with one attached hydrogen (secondary N) is 2. The van der Waals surface area contributed by atoms with Gasteiger partial charge < -0.3 is 10.6 Å². The molecule has 0 radical (unpaired) electrons. The van der Waals surface area contributed by atoms with Crippen molar-refractivity contribution in [2.45, 2.75) is 64.7 Å². The van der Waals surface area contributed by atoms with Crippen LogP contribution in [0.5, 0.6) is 0 Å². The number of thioether (sulfide) groups is 1. The van der Waals surface area contributed by atoms with Gasteiger partial charge in [0.15, 0.2) is 0 Å². The average Bonchev–Trinajstić information content (AvgIpc) is 2.26. The molecule has 0 saturated carbocycles. The smallest absolute Gasteiger partial charge is 0.316 e. The maximum atomic E-state index is 11.9. The van der Waals surface area contributed by atoms with E-state index in [1.807, 2.05) is 46.4 Å². The summed E-state index contributed by atoms with van der Waals surface area (Å²) in [5.74, 6) is 2.25. The molecule has 1 fully saturated rings. The minimum absolute atomic E-state index is 0.158. The molecule has 1 saturated heterocycles. The van der Waals surface area contributed by atoms with E-state index in [-0.39, 0.29) is 17.6 Å². The summed E-state index contributed by atoms with van der Waals surface area (Å²) in [5.41, 5.74) is -0.906. The lowest BCUT2D eigenvalue weighted by molar-refractivity contribution is 0.224. The molecule has 1 heterocycles. The Bertz CT molecular complexity index is 330. The Labute approximate surface area is 120 Å². The third kappa shape index (κ3) is 7.40. The van der Waals surface area contributed by atoms with Crippen molar-refractivity contribution >= 4 is 17.8 Å². The molecule has 0 aliphatic carbocycles. The standard InChI is InChI=1S/C13H26N4OS/c1-12(2,3)16-17-13(4,5)15-11(18)14-10-6-8-19-9-7-10/h10H,6-9H2,1-5H3,(H2,14,15,18)/b17-16+. The fourth-order valence-corrected chi connectivity index (χ4v) is 2.75. The van der Waals surface area contributed by atoms with E-state index < -0.39 is 5.66 Å². The Morgan fingerprint density at radius 2 is 1.68 bits per heavy atom. The second-order valence-electron chi connectivity index (χ2n) is 6.41. The summed E-state index contributed by atoms with van der Waals surface area (Å²) in [6.07, 6.45) is 2.09.